The average molecular weight is 716 g/mol. The molecule has 0 aliphatic carbocycles. The smallest absolute Gasteiger partial charge is 0.0639 e. The Morgan fingerprint density at radius 2 is 0.612 bits per heavy atom. The first-order chi connectivity index (χ1) is 23.6. The van der Waals surface area contributed by atoms with Crippen molar-refractivity contribution in [3.63, 3.8) is 0 Å². The number of nitrogens with zero attached hydrogens (tertiary/aromatic N) is 2. The van der Waals surface area contributed by atoms with Gasteiger partial charge in [0, 0.05) is 16.5 Å². The minimum atomic E-state index is 0. The van der Waals surface area contributed by atoms with Crippen LogP contribution in [-0.4, -0.2) is 11.4 Å². The van der Waals surface area contributed by atoms with E-state index in [4.69, 9.17) is 9.98 Å². The Balaban J connectivity index is 0.0000120. The maximum absolute atomic E-state index is 5.57. The van der Waals surface area contributed by atoms with Crippen molar-refractivity contribution in [2.75, 3.05) is 0 Å². The van der Waals surface area contributed by atoms with Crippen molar-refractivity contribution >= 4 is 22.8 Å². The molecule has 0 N–H and O–H groups in total. The predicted octanol–water partition coefficient (Wildman–Crippen LogP) is 15.4. The van der Waals surface area contributed by atoms with Crippen LogP contribution in [-0.2, 0) is 42.2 Å². The zero-order chi connectivity index (χ0) is 34.7. The summed E-state index contributed by atoms with van der Waals surface area (Å²) < 4.78 is 0. The van der Waals surface area contributed by atoms with E-state index in [9.17, 15) is 0 Å². The molecule has 0 fully saturated rings. The third-order valence-corrected chi connectivity index (χ3v) is 9.75. The third-order valence-electron chi connectivity index (χ3n) is 9.75. The van der Waals surface area contributed by atoms with Gasteiger partial charge in [0.15, 0.2) is 0 Å². The molecular weight excluding hydrogens is 639 g/mol. The van der Waals surface area contributed by atoms with Gasteiger partial charge in [0.05, 0.1) is 22.8 Å². The first kappa shape index (κ1) is 45.3. The van der Waals surface area contributed by atoms with E-state index in [1.807, 2.05) is 0 Å². The molecule has 280 valence electrons. The number of aryl methyl sites for hydroxylation is 4. The van der Waals surface area contributed by atoms with Crippen LogP contribution >= 0.6 is 0 Å². The standard InChI is InChI=1S/C46H76N2.Ni/c1-7-13-19-20-21-22-23-24-26-32-46(48-44-37-41(29-17-11-5)34-42(38-44)30-18-12-6)45(31-25-14-8-2)47-43-35-39(27-15-9-3)33-40(36-43)28-16-10-4;/h33-38H,7-32H2,1-6H3;. The van der Waals surface area contributed by atoms with Crippen molar-refractivity contribution in [3.05, 3.63) is 58.7 Å². The zero-order valence-corrected chi connectivity index (χ0v) is 34.0. The van der Waals surface area contributed by atoms with E-state index in [0.29, 0.717) is 0 Å². The Morgan fingerprint density at radius 1 is 0.347 bits per heavy atom. The van der Waals surface area contributed by atoms with Gasteiger partial charge in [-0.25, -0.2) is 0 Å². The van der Waals surface area contributed by atoms with Crippen molar-refractivity contribution in [3.8, 4) is 0 Å². The van der Waals surface area contributed by atoms with Gasteiger partial charge >= 0.3 is 0 Å². The third kappa shape index (κ3) is 20.7. The summed E-state index contributed by atoms with van der Waals surface area (Å²) in [6.07, 6.45) is 32.3. The molecule has 0 atom stereocenters. The van der Waals surface area contributed by atoms with Gasteiger partial charge in [0.1, 0.15) is 0 Å². The normalized spacial score (nSPS) is 12.0. The van der Waals surface area contributed by atoms with Gasteiger partial charge in [0.2, 0.25) is 0 Å². The molecule has 0 saturated carbocycles. The molecule has 0 bridgehead atoms. The van der Waals surface area contributed by atoms with Gasteiger partial charge in [-0.1, -0.05) is 144 Å². The van der Waals surface area contributed by atoms with Crippen LogP contribution in [0.2, 0.25) is 0 Å². The molecule has 49 heavy (non-hydrogen) atoms. The number of hydrogen-bond donors (Lipinski definition) is 0. The minimum absolute atomic E-state index is 0. The second-order valence-electron chi connectivity index (χ2n) is 14.6. The van der Waals surface area contributed by atoms with Gasteiger partial charge in [-0.15, -0.1) is 0 Å². The Labute approximate surface area is 315 Å². The SMILES string of the molecule is CCCCCCCCCCCC(=Nc1cc(CCCC)cc(CCCC)c1)C(CCCCC)=Nc1cc(CCCC)cc(CCCC)c1.[Ni]. The molecule has 0 radical (unpaired) electrons. The summed E-state index contributed by atoms with van der Waals surface area (Å²) in [7, 11) is 0. The summed E-state index contributed by atoms with van der Waals surface area (Å²) in [5.74, 6) is 0. The monoisotopic (exact) mass is 715 g/mol. The molecule has 0 heterocycles. The molecule has 2 rings (SSSR count). The van der Waals surface area contributed by atoms with Crippen LogP contribution in [0.4, 0.5) is 11.4 Å². The van der Waals surface area contributed by atoms with Crippen LogP contribution in [0.1, 0.15) is 205 Å². The number of benzene rings is 2. The number of aliphatic imine (C=N–C) groups is 2. The molecule has 2 nitrogen and oxygen atoms in total. The first-order valence-electron chi connectivity index (χ1n) is 21.0. The van der Waals surface area contributed by atoms with Gasteiger partial charge in [0.25, 0.3) is 0 Å². The van der Waals surface area contributed by atoms with Crippen LogP contribution in [0.3, 0.4) is 0 Å². The molecule has 2 aromatic rings. The predicted molar refractivity (Wildman–Crippen MR) is 218 cm³/mol. The maximum atomic E-state index is 5.57. The summed E-state index contributed by atoms with van der Waals surface area (Å²) in [6.45, 7) is 13.8. The Hall–Kier alpha value is -1.73. The summed E-state index contributed by atoms with van der Waals surface area (Å²) in [6, 6.07) is 14.5. The molecular formula is C46H76N2Ni. The van der Waals surface area contributed by atoms with Crippen molar-refractivity contribution in [1.29, 1.82) is 0 Å². The molecule has 2 aromatic carbocycles. The molecule has 0 aromatic heterocycles. The van der Waals surface area contributed by atoms with E-state index in [1.165, 1.54) is 162 Å². The van der Waals surface area contributed by atoms with Gasteiger partial charge in [-0.2, -0.15) is 0 Å². The van der Waals surface area contributed by atoms with E-state index in [1.54, 1.807) is 0 Å². The number of hydrogen-bond acceptors (Lipinski definition) is 2. The molecule has 0 saturated heterocycles. The summed E-state index contributed by atoms with van der Waals surface area (Å²) in [5.41, 5.74) is 10.6. The van der Waals surface area contributed by atoms with Crippen LogP contribution in [0.15, 0.2) is 46.4 Å². The van der Waals surface area contributed by atoms with Crippen LogP contribution < -0.4 is 0 Å². The topological polar surface area (TPSA) is 24.7 Å². The van der Waals surface area contributed by atoms with E-state index >= 15 is 0 Å². The number of rotatable bonds is 29. The minimum Gasteiger partial charge on any atom is -0.252 e. The fourth-order valence-corrected chi connectivity index (χ4v) is 6.70. The van der Waals surface area contributed by atoms with Gasteiger partial charge in [-0.05, 0) is 124 Å². The largest absolute Gasteiger partial charge is 0.252 e. The van der Waals surface area contributed by atoms with Crippen molar-refractivity contribution in [2.24, 2.45) is 9.98 Å². The quantitative estimate of drug-likeness (QED) is 0.0455. The molecule has 0 aliphatic rings. The molecule has 0 amide bonds. The fourth-order valence-electron chi connectivity index (χ4n) is 6.70. The van der Waals surface area contributed by atoms with Crippen molar-refractivity contribution in [2.45, 2.75) is 208 Å². The van der Waals surface area contributed by atoms with Crippen molar-refractivity contribution in [1.82, 2.24) is 0 Å². The van der Waals surface area contributed by atoms with Crippen LogP contribution in [0.25, 0.3) is 0 Å². The Bertz CT molecular complexity index is 1110. The summed E-state index contributed by atoms with van der Waals surface area (Å²) >= 11 is 0. The van der Waals surface area contributed by atoms with Gasteiger partial charge in [-0.3, -0.25) is 9.98 Å². The van der Waals surface area contributed by atoms with E-state index in [-0.39, 0.29) is 16.5 Å². The summed E-state index contributed by atoms with van der Waals surface area (Å²) in [5, 5.41) is 0. The van der Waals surface area contributed by atoms with E-state index in [0.717, 1.165) is 49.9 Å². The molecule has 0 spiro atoms. The zero-order valence-electron chi connectivity index (χ0n) is 33.1. The first-order valence-corrected chi connectivity index (χ1v) is 21.0. The maximum Gasteiger partial charge on any atom is 0.0639 e. The van der Waals surface area contributed by atoms with Crippen LogP contribution in [0.5, 0.6) is 0 Å². The van der Waals surface area contributed by atoms with Crippen molar-refractivity contribution < 1.29 is 16.5 Å². The Kier molecular flexibility index (Phi) is 27.7. The molecule has 0 aliphatic heterocycles. The second kappa shape index (κ2) is 30.0. The fraction of sp³-hybridized carbons (Fsp3) is 0.696. The summed E-state index contributed by atoms with van der Waals surface area (Å²) in [4.78, 5) is 11.1. The Morgan fingerprint density at radius 3 is 0.939 bits per heavy atom. The molecule has 3 heteroatoms. The number of unbranched alkanes of at least 4 members (excludes halogenated alkanes) is 14. The molecule has 0 unspecified atom stereocenters. The van der Waals surface area contributed by atoms with E-state index in [2.05, 4.69) is 77.9 Å². The van der Waals surface area contributed by atoms with E-state index < -0.39 is 0 Å². The second-order valence-corrected chi connectivity index (χ2v) is 14.6. The van der Waals surface area contributed by atoms with Gasteiger partial charge < -0.3 is 0 Å². The average Bonchev–Trinajstić information content (AvgIpc) is 3.09. The van der Waals surface area contributed by atoms with Crippen LogP contribution in [0, 0.1) is 0 Å².